The summed E-state index contributed by atoms with van der Waals surface area (Å²) < 4.78 is 5.02. The summed E-state index contributed by atoms with van der Waals surface area (Å²) in [6.45, 7) is 4.94. The molecule has 1 amide bonds. The Kier molecular flexibility index (Phi) is 4.87. The van der Waals surface area contributed by atoms with Crippen molar-refractivity contribution >= 4 is 17.5 Å². The van der Waals surface area contributed by atoms with E-state index in [0.29, 0.717) is 5.06 Å². The van der Waals surface area contributed by atoms with Crippen molar-refractivity contribution in [3.8, 4) is 5.75 Å². The Labute approximate surface area is 125 Å². The zero-order valence-corrected chi connectivity index (χ0v) is 12.4. The monoisotopic (exact) mass is 313 g/mol. The molecule has 0 heterocycles. The molecule has 1 aromatic rings. The summed E-state index contributed by atoms with van der Waals surface area (Å²) in [5, 5.41) is 22.2. The maximum atomic E-state index is 11.7. The number of carbonyl (C=O) groups excluding carboxylic acids is 1. The first kappa shape index (κ1) is 17.1. The summed E-state index contributed by atoms with van der Waals surface area (Å²) in [5.41, 5.74) is -1.86. The van der Waals surface area contributed by atoms with Gasteiger partial charge in [-0.1, -0.05) is 0 Å². The van der Waals surface area contributed by atoms with E-state index in [4.69, 9.17) is 9.57 Å². The van der Waals surface area contributed by atoms with Crippen molar-refractivity contribution in [3.05, 3.63) is 38.4 Å². The summed E-state index contributed by atoms with van der Waals surface area (Å²) in [6, 6.07) is 2.82. The van der Waals surface area contributed by atoms with Gasteiger partial charge in [0.25, 0.3) is 5.69 Å². The number of hydrogen-bond acceptors (Lipinski definition) is 7. The van der Waals surface area contributed by atoms with Gasteiger partial charge in [0.05, 0.1) is 23.0 Å². The van der Waals surface area contributed by atoms with E-state index in [1.165, 1.54) is 7.05 Å². The molecule has 1 rings (SSSR count). The number of non-ortho nitro benzene ring substituents is 1. The van der Waals surface area contributed by atoms with E-state index >= 15 is 0 Å². The molecule has 0 spiro atoms. The van der Waals surface area contributed by atoms with Crippen LogP contribution in [0.15, 0.2) is 18.2 Å². The number of hydroxylamine groups is 2. The van der Waals surface area contributed by atoms with Crippen LogP contribution < -0.4 is 4.84 Å². The fraction of sp³-hybridized carbons (Fsp3) is 0.417. The third kappa shape index (κ3) is 4.58. The van der Waals surface area contributed by atoms with Crippen molar-refractivity contribution in [2.75, 3.05) is 7.05 Å². The number of amides is 1. The average Bonchev–Trinajstić information content (AvgIpc) is 2.36. The lowest BCUT2D eigenvalue weighted by molar-refractivity contribution is -0.395. The highest BCUT2D eigenvalue weighted by Gasteiger charge is 2.26. The molecule has 0 fully saturated rings. The number of nitro benzene ring substituents is 2. The average molecular weight is 313 g/mol. The molecule has 0 saturated carbocycles. The highest BCUT2D eigenvalue weighted by molar-refractivity contribution is 5.67. The topological polar surface area (TPSA) is 125 Å². The molecule has 0 aliphatic heterocycles. The smallest absolute Gasteiger partial charge is 0.442 e. The zero-order valence-electron chi connectivity index (χ0n) is 12.4. The van der Waals surface area contributed by atoms with Crippen LogP contribution in [0, 0.1) is 20.2 Å². The van der Waals surface area contributed by atoms with Gasteiger partial charge in [-0.2, -0.15) is 0 Å². The molecule has 0 aromatic heterocycles. The van der Waals surface area contributed by atoms with E-state index in [9.17, 15) is 25.0 Å². The van der Waals surface area contributed by atoms with E-state index in [2.05, 4.69) is 0 Å². The third-order valence-corrected chi connectivity index (χ3v) is 2.24. The molecule has 1 aromatic carbocycles. The van der Waals surface area contributed by atoms with Gasteiger partial charge in [-0.05, 0) is 26.8 Å². The van der Waals surface area contributed by atoms with Crippen LogP contribution in [0.2, 0.25) is 0 Å². The molecule has 0 aliphatic rings. The van der Waals surface area contributed by atoms with Crippen LogP contribution >= 0.6 is 0 Å². The van der Waals surface area contributed by atoms with Crippen LogP contribution in [-0.4, -0.2) is 33.7 Å². The lowest BCUT2D eigenvalue weighted by Crippen LogP contribution is -2.36. The Morgan fingerprint density at radius 1 is 1.18 bits per heavy atom. The number of hydrogen-bond donors (Lipinski definition) is 0. The van der Waals surface area contributed by atoms with Crippen molar-refractivity contribution in [3.63, 3.8) is 0 Å². The fourth-order valence-electron chi connectivity index (χ4n) is 1.35. The molecule has 120 valence electrons. The van der Waals surface area contributed by atoms with Crippen LogP contribution in [0.4, 0.5) is 16.2 Å². The minimum Gasteiger partial charge on any atom is -0.442 e. The number of benzene rings is 1. The van der Waals surface area contributed by atoms with Gasteiger partial charge < -0.3 is 9.57 Å². The molecular weight excluding hydrogens is 298 g/mol. The normalized spacial score (nSPS) is 10.7. The summed E-state index contributed by atoms with van der Waals surface area (Å²) in [5.74, 6) is -0.316. The number of ether oxygens (including phenoxy) is 1. The van der Waals surface area contributed by atoms with Gasteiger partial charge in [-0.25, -0.2) is 4.79 Å². The zero-order chi connectivity index (χ0) is 17.1. The Morgan fingerprint density at radius 2 is 1.77 bits per heavy atom. The highest BCUT2D eigenvalue weighted by atomic mass is 16.7. The van der Waals surface area contributed by atoms with Gasteiger partial charge in [0.1, 0.15) is 5.60 Å². The minimum atomic E-state index is -0.861. The largest absolute Gasteiger partial charge is 0.443 e. The van der Waals surface area contributed by atoms with Gasteiger partial charge in [0.2, 0.25) is 5.75 Å². The molecule has 0 unspecified atom stereocenters. The summed E-state index contributed by atoms with van der Waals surface area (Å²) in [6.07, 6.45) is -0.861. The molecule has 0 radical (unpaired) electrons. The van der Waals surface area contributed by atoms with Crippen LogP contribution in [0.5, 0.6) is 5.75 Å². The minimum absolute atomic E-state index is 0.316. The Bertz CT molecular complexity index is 609. The van der Waals surface area contributed by atoms with Crippen LogP contribution in [0.3, 0.4) is 0 Å². The van der Waals surface area contributed by atoms with Crippen LogP contribution in [0.25, 0.3) is 0 Å². The van der Waals surface area contributed by atoms with Crippen molar-refractivity contribution in [2.24, 2.45) is 0 Å². The summed E-state index contributed by atoms with van der Waals surface area (Å²) in [7, 11) is 1.21. The van der Waals surface area contributed by atoms with E-state index < -0.39 is 32.9 Å². The van der Waals surface area contributed by atoms with Crippen LogP contribution in [0.1, 0.15) is 20.8 Å². The SMILES string of the molecule is CN(Oc1ccc([N+](=O)[O-])cc1[N+](=O)[O-])C(=O)OC(C)(C)C. The van der Waals surface area contributed by atoms with Crippen molar-refractivity contribution in [1.29, 1.82) is 0 Å². The third-order valence-electron chi connectivity index (χ3n) is 2.24. The predicted molar refractivity (Wildman–Crippen MR) is 74.4 cm³/mol. The Hall–Kier alpha value is -2.91. The van der Waals surface area contributed by atoms with Gasteiger partial charge in [0, 0.05) is 6.07 Å². The maximum absolute atomic E-state index is 11.7. The molecule has 0 atom stereocenters. The van der Waals surface area contributed by atoms with Gasteiger partial charge in [-0.3, -0.25) is 20.2 Å². The van der Waals surface area contributed by atoms with E-state index in [1.807, 2.05) is 0 Å². The van der Waals surface area contributed by atoms with E-state index in [1.54, 1.807) is 20.8 Å². The van der Waals surface area contributed by atoms with Gasteiger partial charge in [0.15, 0.2) is 0 Å². The Balaban J connectivity index is 3.00. The van der Waals surface area contributed by atoms with E-state index in [-0.39, 0.29) is 5.75 Å². The lowest BCUT2D eigenvalue weighted by atomic mass is 10.2. The molecule has 0 bridgehead atoms. The molecular formula is C12H15N3O7. The molecule has 22 heavy (non-hydrogen) atoms. The number of nitrogens with zero attached hydrogens (tertiary/aromatic N) is 3. The standard InChI is InChI=1S/C12H15N3O7/c1-12(2,3)21-11(16)13(4)22-10-6-5-8(14(17)18)7-9(10)15(19)20/h5-7H,1-4H3. The van der Waals surface area contributed by atoms with Crippen molar-refractivity contribution in [2.45, 2.75) is 26.4 Å². The lowest BCUT2D eigenvalue weighted by Gasteiger charge is -2.24. The second-order valence-corrected chi connectivity index (χ2v) is 5.24. The number of nitro groups is 2. The fourth-order valence-corrected chi connectivity index (χ4v) is 1.35. The van der Waals surface area contributed by atoms with Gasteiger partial charge in [-0.15, -0.1) is 5.06 Å². The van der Waals surface area contributed by atoms with Crippen molar-refractivity contribution in [1.82, 2.24) is 5.06 Å². The quantitative estimate of drug-likeness (QED) is 0.617. The van der Waals surface area contributed by atoms with Crippen molar-refractivity contribution < 1.29 is 24.2 Å². The molecule has 10 nitrogen and oxygen atoms in total. The number of rotatable bonds is 4. The first-order valence-electron chi connectivity index (χ1n) is 6.09. The molecule has 0 saturated heterocycles. The van der Waals surface area contributed by atoms with E-state index in [0.717, 1.165) is 18.2 Å². The van der Waals surface area contributed by atoms with Crippen LogP contribution in [-0.2, 0) is 4.74 Å². The molecule has 0 N–H and O–H groups in total. The molecule has 0 aliphatic carbocycles. The highest BCUT2D eigenvalue weighted by Crippen LogP contribution is 2.31. The Morgan fingerprint density at radius 3 is 2.23 bits per heavy atom. The number of carbonyl (C=O) groups is 1. The first-order valence-corrected chi connectivity index (χ1v) is 6.09. The maximum Gasteiger partial charge on any atom is 0.443 e. The first-order chi connectivity index (χ1) is 10.0. The second kappa shape index (κ2) is 6.24. The predicted octanol–water partition coefficient (Wildman–Crippen LogP) is 2.66. The summed E-state index contributed by atoms with van der Waals surface area (Å²) >= 11 is 0. The summed E-state index contributed by atoms with van der Waals surface area (Å²) in [4.78, 5) is 36.7. The molecule has 10 heteroatoms. The second-order valence-electron chi connectivity index (χ2n) is 5.24. The van der Waals surface area contributed by atoms with Gasteiger partial charge >= 0.3 is 11.8 Å².